The number of aryl methyl sites for hydroxylation is 1. The second kappa shape index (κ2) is 15.0. The SMILES string of the molecule is C/C=C(\C)C(=O)O[C@]1(C)CC=C2CSS[C@@H]3C[C@H](C=O)[C@@H](NC)[C@H]4CN(C(=O)Cc5cnc(N)cc5[C@@H]2[C@]12Cc1cc5cc(CCCO)c(=O)oc5cc1O2)[C@H]43. The predicted molar refractivity (Wildman–Crippen MR) is 217 cm³/mol. The Balaban J connectivity index is 1.27. The summed E-state index contributed by atoms with van der Waals surface area (Å²) in [6.45, 7) is 5.96. The van der Waals surface area contributed by atoms with Gasteiger partial charge in [0, 0.05) is 83.7 Å². The number of hydrogen-bond acceptors (Lipinski definition) is 13. The number of hydrogen-bond donors (Lipinski definition) is 3. The number of anilines is 1. The van der Waals surface area contributed by atoms with E-state index in [-0.39, 0.29) is 48.1 Å². The van der Waals surface area contributed by atoms with Gasteiger partial charge in [0.05, 0.1) is 18.4 Å². The van der Waals surface area contributed by atoms with E-state index in [0.717, 1.165) is 28.4 Å². The van der Waals surface area contributed by atoms with Gasteiger partial charge in [0.15, 0.2) is 11.2 Å². The third-order valence-electron chi connectivity index (χ3n) is 12.9. The molecule has 0 radical (unpaired) electrons. The lowest BCUT2D eigenvalue weighted by atomic mass is 9.61. The summed E-state index contributed by atoms with van der Waals surface area (Å²) >= 11 is 0. The molecular weight excluding hydrogens is 753 g/mol. The number of aromatic nitrogens is 1. The van der Waals surface area contributed by atoms with E-state index in [0.29, 0.717) is 78.3 Å². The van der Waals surface area contributed by atoms with E-state index in [4.69, 9.17) is 19.6 Å². The van der Waals surface area contributed by atoms with E-state index in [1.54, 1.807) is 53.8 Å². The highest BCUT2D eigenvalue weighted by Gasteiger charge is 2.64. The molecule has 56 heavy (non-hydrogen) atoms. The molecule has 2 aliphatic carbocycles. The van der Waals surface area contributed by atoms with Crippen LogP contribution in [0.1, 0.15) is 68.2 Å². The highest BCUT2D eigenvalue weighted by atomic mass is 33.1. The second-order valence-electron chi connectivity index (χ2n) is 16.0. The van der Waals surface area contributed by atoms with Crippen LogP contribution in [-0.4, -0.2) is 87.6 Å². The number of nitrogens with one attached hydrogen (secondary N) is 1. The average molecular weight is 801 g/mol. The van der Waals surface area contributed by atoms with Crippen LogP contribution in [0, 0.1) is 11.8 Å². The molecule has 4 N–H and O–H groups in total. The zero-order chi connectivity index (χ0) is 39.5. The minimum Gasteiger partial charge on any atom is -0.481 e. The van der Waals surface area contributed by atoms with Crippen molar-refractivity contribution >= 4 is 56.5 Å². The fraction of sp³-hybridized carbons (Fsp3) is 0.500. The Kier molecular flexibility index (Phi) is 10.4. The largest absolute Gasteiger partial charge is 0.481 e. The Morgan fingerprint density at radius 1 is 1.23 bits per heavy atom. The van der Waals surface area contributed by atoms with Crippen molar-refractivity contribution < 1.29 is 33.4 Å². The molecular formula is C42H48N4O8S2. The van der Waals surface area contributed by atoms with Crippen molar-refractivity contribution in [3.8, 4) is 5.75 Å². The van der Waals surface area contributed by atoms with Crippen molar-refractivity contribution in [3.63, 3.8) is 0 Å². The number of aldehydes is 1. The number of nitrogens with two attached hydrogens (primary N) is 1. The van der Waals surface area contributed by atoms with Gasteiger partial charge in [0.25, 0.3) is 0 Å². The summed E-state index contributed by atoms with van der Waals surface area (Å²) < 4.78 is 19.6. The lowest BCUT2D eigenvalue weighted by Gasteiger charge is -2.58. The lowest BCUT2D eigenvalue weighted by Crippen LogP contribution is -2.72. The van der Waals surface area contributed by atoms with Gasteiger partial charge in [-0.25, -0.2) is 14.6 Å². The van der Waals surface area contributed by atoms with E-state index >= 15 is 0 Å². The number of ether oxygens (including phenoxy) is 2. The second-order valence-corrected chi connectivity index (χ2v) is 18.6. The average Bonchev–Trinajstić information content (AvgIpc) is 3.53. The predicted octanol–water partition coefficient (Wildman–Crippen LogP) is 4.69. The maximum absolute atomic E-state index is 14.4. The molecule has 12 nitrogen and oxygen atoms in total. The molecule has 3 aliphatic heterocycles. The van der Waals surface area contributed by atoms with Crippen LogP contribution in [0.2, 0.25) is 0 Å². The molecule has 2 aromatic heterocycles. The summed E-state index contributed by atoms with van der Waals surface area (Å²) in [4.78, 5) is 59.9. The van der Waals surface area contributed by atoms with Crippen LogP contribution in [0.25, 0.3) is 11.0 Å². The number of aliphatic hydroxyl groups excluding tert-OH is 1. The molecule has 1 amide bonds. The topological polar surface area (TPSA) is 174 Å². The number of allylic oxidation sites excluding steroid dienone is 1. The maximum Gasteiger partial charge on any atom is 0.339 e. The summed E-state index contributed by atoms with van der Waals surface area (Å²) in [6.07, 6.45) is 8.89. The first-order valence-electron chi connectivity index (χ1n) is 19.3. The number of esters is 1. The highest BCUT2D eigenvalue weighted by Crippen LogP contribution is 2.59. The number of rotatable bonds is 7. The number of benzene rings is 1. The molecule has 1 saturated carbocycles. The lowest BCUT2D eigenvalue weighted by molar-refractivity contribution is -0.183. The van der Waals surface area contributed by atoms with Crippen LogP contribution in [0.3, 0.4) is 0 Å². The first-order valence-corrected chi connectivity index (χ1v) is 21.7. The summed E-state index contributed by atoms with van der Waals surface area (Å²) in [7, 11) is 5.34. The summed E-state index contributed by atoms with van der Waals surface area (Å²) in [5.41, 5.74) is 8.29. The minimum atomic E-state index is -1.22. The number of nitrogens with zero attached hydrogens (tertiary/aromatic N) is 2. The fourth-order valence-corrected chi connectivity index (χ4v) is 12.9. The summed E-state index contributed by atoms with van der Waals surface area (Å²) in [6, 6.07) is 7.38. The quantitative estimate of drug-likeness (QED) is 0.0751. The number of carbonyl (C=O) groups excluding carboxylic acids is 3. The van der Waals surface area contributed by atoms with Gasteiger partial charge in [0.2, 0.25) is 5.91 Å². The molecule has 1 spiro atoms. The monoisotopic (exact) mass is 800 g/mol. The molecule has 2 fully saturated rings. The Morgan fingerprint density at radius 3 is 2.80 bits per heavy atom. The molecule has 0 bridgehead atoms. The van der Waals surface area contributed by atoms with Crippen LogP contribution in [0.5, 0.6) is 5.75 Å². The number of aliphatic hydroxyl groups is 1. The number of carbonyl (C=O) groups is 3. The van der Waals surface area contributed by atoms with Crippen LogP contribution in [0.4, 0.5) is 5.82 Å². The van der Waals surface area contributed by atoms with E-state index in [9.17, 15) is 24.3 Å². The Morgan fingerprint density at radius 2 is 2.05 bits per heavy atom. The van der Waals surface area contributed by atoms with Crippen molar-refractivity contribution in [3.05, 3.63) is 86.4 Å². The Hall–Kier alpha value is -4.11. The van der Waals surface area contributed by atoms with Gasteiger partial charge in [0.1, 0.15) is 23.4 Å². The molecule has 1 aromatic carbocycles. The number of nitrogen functional groups attached to an aromatic ring is 1. The highest BCUT2D eigenvalue weighted by molar-refractivity contribution is 8.77. The van der Waals surface area contributed by atoms with Gasteiger partial charge >= 0.3 is 11.6 Å². The first kappa shape index (κ1) is 38.7. The normalized spacial score (nSPS) is 31.1. The van der Waals surface area contributed by atoms with Crippen molar-refractivity contribution in [2.75, 3.05) is 31.7 Å². The van der Waals surface area contributed by atoms with E-state index in [2.05, 4.69) is 16.4 Å². The third kappa shape index (κ3) is 6.36. The van der Waals surface area contributed by atoms with Gasteiger partial charge in [-0.3, -0.25) is 4.79 Å². The van der Waals surface area contributed by atoms with Gasteiger partial charge in [-0.05, 0) is 82.0 Å². The molecule has 14 heteroatoms. The van der Waals surface area contributed by atoms with Crippen LogP contribution in [-0.2, 0) is 38.4 Å². The molecule has 8 rings (SSSR count). The van der Waals surface area contributed by atoms with Gasteiger partial charge in [-0.15, -0.1) is 0 Å². The smallest absolute Gasteiger partial charge is 0.339 e. The standard InChI is InChI=1S/C42H48N4O8S2/c1-5-22(2)39(50)54-41(3)9-8-24-21-55-56-33-13-28(20-48)37(44-4)30-19-46(38(30)33)35(49)14-27-18-45-34(43)15-29(27)36(24)42(41)17-26-12-25-11-23(7-6-10-47)40(51)52-31(25)16-32(26)53-42/h5,8,11-12,15-16,18,20,28,30,33,36-38,44,47H,6-7,9-10,13-14,17,19,21H2,1-4H3,(H2,43,45)/b22-5+/t28-,30-,33-,36-,37-,38-,41-,42-/m1/s1. The molecule has 8 atom stereocenters. The fourth-order valence-electron chi connectivity index (χ4n) is 9.78. The molecule has 5 aliphatic rings. The number of pyridine rings is 1. The van der Waals surface area contributed by atoms with Gasteiger partial charge < -0.3 is 39.7 Å². The van der Waals surface area contributed by atoms with Gasteiger partial charge in [-0.2, -0.15) is 0 Å². The van der Waals surface area contributed by atoms with Crippen molar-refractivity contribution in [2.24, 2.45) is 11.8 Å². The van der Waals surface area contributed by atoms with Crippen molar-refractivity contribution in [1.82, 2.24) is 15.2 Å². The molecule has 3 aromatic rings. The van der Waals surface area contributed by atoms with Crippen molar-refractivity contribution in [1.29, 1.82) is 0 Å². The zero-order valence-corrected chi connectivity index (χ0v) is 33.7. The number of fused-ring (bicyclic) bond motifs is 6. The number of amides is 1. The van der Waals surface area contributed by atoms with E-state index in [1.807, 2.05) is 37.1 Å². The van der Waals surface area contributed by atoms with Crippen LogP contribution in [0.15, 0.2) is 63.0 Å². The van der Waals surface area contributed by atoms with E-state index < -0.39 is 28.7 Å². The molecule has 5 heterocycles. The molecule has 0 unspecified atom stereocenters. The third-order valence-corrected chi connectivity index (χ3v) is 15.7. The Bertz CT molecular complexity index is 2220. The zero-order valence-electron chi connectivity index (χ0n) is 32.0. The molecule has 296 valence electrons. The molecule has 1 saturated heterocycles. The van der Waals surface area contributed by atoms with E-state index in [1.165, 1.54) is 0 Å². The minimum absolute atomic E-state index is 0.00399. The summed E-state index contributed by atoms with van der Waals surface area (Å²) in [5, 5.41) is 13.6. The van der Waals surface area contributed by atoms with Gasteiger partial charge in [-0.1, -0.05) is 39.3 Å². The first-order chi connectivity index (χ1) is 26.9. The van der Waals surface area contributed by atoms with Crippen molar-refractivity contribution in [2.45, 2.75) is 93.7 Å². The Labute approximate surface area is 333 Å². The maximum atomic E-state index is 14.4. The van der Waals surface area contributed by atoms with Crippen LogP contribution < -0.4 is 21.4 Å². The van der Waals surface area contributed by atoms with Crippen LogP contribution >= 0.6 is 21.6 Å². The summed E-state index contributed by atoms with van der Waals surface area (Å²) in [5.74, 6) is 0.425.